The minimum Gasteiger partial charge on any atom is -0.507 e. The summed E-state index contributed by atoms with van der Waals surface area (Å²) in [5.74, 6) is 1.21. The number of carbonyl (C=O) groups is 1. The second kappa shape index (κ2) is 9.74. The lowest BCUT2D eigenvalue weighted by Crippen LogP contribution is -2.12. The molecule has 1 N–H and O–H groups in total. The number of esters is 1. The molecule has 0 aliphatic carbocycles. The maximum absolute atomic E-state index is 13.1. The van der Waals surface area contributed by atoms with E-state index in [9.17, 15) is 9.90 Å². The van der Waals surface area contributed by atoms with Gasteiger partial charge in [0.05, 0.1) is 13.5 Å². The second-order valence-electron chi connectivity index (χ2n) is 9.15. The van der Waals surface area contributed by atoms with E-state index in [0.29, 0.717) is 5.75 Å². The van der Waals surface area contributed by atoms with Crippen LogP contribution in [0.15, 0.2) is 91.0 Å². The summed E-state index contributed by atoms with van der Waals surface area (Å²) in [6.45, 7) is 4.01. The number of carbonyl (C=O) groups excluding carboxylic acids is 1. The number of fused-ring (bicyclic) bond motifs is 2. The standard InChI is InChI=1S/C32H28O4/c1-20-16-17-24(19-29(20)35-3)21(2)18-30(34)36-28-15-7-11-23-9-5-13-26(32(23)28)25-12-4-8-22-10-6-14-27(33)31(22)25/h4-17,19,21,33H,18H2,1-3H3/t21-/m0/s1. The topological polar surface area (TPSA) is 55.8 Å². The summed E-state index contributed by atoms with van der Waals surface area (Å²) in [5.41, 5.74) is 3.87. The normalized spacial score (nSPS) is 12.0. The van der Waals surface area contributed by atoms with Crippen molar-refractivity contribution in [3.05, 3.63) is 102 Å². The van der Waals surface area contributed by atoms with E-state index in [-0.39, 0.29) is 24.1 Å². The van der Waals surface area contributed by atoms with E-state index in [1.54, 1.807) is 13.2 Å². The Bertz CT molecular complexity index is 1570. The van der Waals surface area contributed by atoms with Gasteiger partial charge in [-0.3, -0.25) is 4.79 Å². The zero-order valence-corrected chi connectivity index (χ0v) is 20.6. The van der Waals surface area contributed by atoms with Gasteiger partial charge < -0.3 is 14.6 Å². The molecule has 0 spiro atoms. The summed E-state index contributed by atoms with van der Waals surface area (Å²) < 4.78 is 11.4. The number of phenols is 1. The first-order chi connectivity index (χ1) is 17.5. The Morgan fingerprint density at radius 1 is 0.806 bits per heavy atom. The number of hydrogen-bond donors (Lipinski definition) is 1. The van der Waals surface area contributed by atoms with E-state index in [0.717, 1.165) is 49.5 Å². The summed E-state index contributed by atoms with van der Waals surface area (Å²) in [6.07, 6.45) is 0.236. The zero-order chi connectivity index (χ0) is 25.2. The van der Waals surface area contributed by atoms with Crippen molar-refractivity contribution >= 4 is 27.5 Å². The van der Waals surface area contributed by atoms with Gasteiger partial charge in [-0.2, -0.15) is 0 Å². The lowest BCUT2D eigenvalue weighted by atomic mass is 9.93. The first-order valence-corrected chi connectivity index (χ1v) is 12.0. The van der Waals surface area contributed by atoms with Crippen molar-refractivity contribution in [2.24, 2.45) is 0 Å². The van der Waals surface area contributed by atoms with Crippen molar-refractivity contribution in [2.75, 3.05) is 7.11 Å². The van der Waals surface area contributed by atoms with Crippen molar-refractivity contribution in [1.82, 2.24) is 0 Å². The molecule has 1 atom stereocenters. The van der Waals surface area contributed by atoms with E-state index in [1.165, 1.54) is 0 Å². The minimum atomic E-state index is -0.301. The molecule has 0 radical (unpaired) electrons. The summed E-state index contributed by atoms with van der Waals surface area (Å²) in [4.78, 5) is 13.1. The lowest BCUT2D eigenvalue weighted by Gasteiger charge is -2.16. The Morgan fingerprint density at radius 3 is 2.11 bits per heavy atom. The Morgan fingerprint density at radius 2 is 1.42 bits per heavy atom. The highest BCUT2D eigenvalue weighted by atomic mass is 16.5. The SMILES string of the molecule is COc1cc([C@@H](C)CC(=O)Oc2cccc3cccc(-c4cccc5cccc(O)c45)c23)ccc1C. The highest BCUT2D eigenvalue weighted by Crippen LogP contribution is 2.41. The minimum absolute atomic E-state index is 0.0311. The molecule has 0 unspecified atom stereocenters. The molecule has 0 aliphatic heterocycles. The molecule has 0 saturated heterocycles. The van der Waals surface area contributed by atoms with Crippen LogP contribution in [0.3, 0.4) is 0 Å². The van der Waals surface area contributed by atoms with Gasteiger partial charge in [0.1, 0.15) is 17.2 Å². The van der Waals surface area contributed by atoms with E-state index < -0.39 is 0 Å². The summed E-state index contributed by atoms with van der Waals surface area (Å²) in [6, 6.07) is 29.2. The van der Waals surface area contributed by atoms with Gasteiger partial charge in [0.15, 0.2) is 0 Å². The molecule has 4 nitrogen and oxygen atoms in total. The molecule has 0 aliphatic rings. The third kappa shape index (κ3) is 4.38. The fourth-order valence-corrected chi connectivity index (χ4v) is 4.84. The monoisotopic (exact) mass is 476 g/mol. The molecule has 0 aromatic heterocycles. The Balaban J connectivity index is 1.51. The van der Waals surface area contributed by atoms with Crippen LogP contribution >= 0.6 is 0 Å². The number of aromatic hydroxyl groups is 1. The Hall–Kier alpha value is -4.31. The average molecular weight is 477 g/mol. The number of aryl methyl sites for hydroxylation is 1. The van der Waals surface area contributed by atoms with Crippen molar-refractivity contribution < 1.29 is 19.4 Å². The number of phenolic OH excluding ortho intramolecular Hbond substituents is 1. The van der Waals surface area contributed by atoms with Gasteiger partial charge >= 0.3 is 5.97 Å². The van der Waals surface area contributed by atoms with Crippen LogP contribution in [0.2, 0.25) is 0 Å². The summed E-state index contributed by atoms with van der Waals surface area (Å²) >= 11 is 0. The fourth-order valence-electron chi connectivity index (χ4n) is 4.84. The quantitative estimate of drug-likeness (QED) is 0.201. The van der Waals surface area contributed by atoms with E-state index in [1.807, 2.05) is 98.8 Å². The van der Waals surface area contributed by atoms with Gasteiger partial charge in [0.25, 0.3) is 0 Å². The molecule has 180 valence electrons. The summed E-state index contributed by atoms with van der Waals surface area (Å²) in [5, 5.41) is 14.2. The molecule has 0 amide bonds. The predicted octanol–water partition coefficient (Wildman–Crippen LogP) is 7.78. The van der Waals surface area contributed by atoms with Crippen LogP contribution in [0.1, 0.15) is 30.4 Å². The fraction of sp³-hybridized carbons (Fsp3) is 0.156. The van der Waals surface area contributed by atoms with Gasteiger partial charge in [-0.15, -0.1) is 0 Å². The van der Waals surface area contributed by atoms with Crippen molar-refractivity contribution in [3.8, 4) is 28.4 Å². The van der Waals surface area contributed by atoms with Gasteiger partial charge in [0.2, 0.25) is 0 Å². The van der Waals surface area contributed by atoms with Crippen molar-refractivity contribution in [1.29, 1.82) is 0 Å². The maximum Gasteiger partial charge on any atom is 0.311 e. The Kier molecular flexibility index (Phi) is 6.34. The molecular weight excluding hydrogens is 448 g/mol. The first-order valence-electron chi connectivity index (χ1n) is 12.0. The largest absolute Gasteiger partial charge is 0.507 e. The van der Waals surface area contributed by atoms with Crippen molar-refractivity contribution in [2.45, 2.75) is 26.2 Å². The van der Waals surface area contributed by atoms with E-state index in [2.05, 4.69) is 0 Å². The molecule has 0 bridgehead atoms. The highest BCUT2D eigenvalue weighted by Gasteiger charge is 2.18. The third-order valence-corrected chi connectivity index (χ3v) is 6.74. The second-order valence-corrected chi connectivity index (χ2v) is 9.15. The van der Waals surface area contributed by atoms with Crippen LogP contribution < -0.4 is 9.47 Å². The molecular formula is C32H28O4. The van der Waals surface area contributed by atoms with Crippen LogP contribution in [0.4, 0.5) is 0 Å². The Labute approximate surface area is 210 Å². The maximum atomic E-state index is 13.1. The van der Waals surface area contributed by atoms with Crippen LogP contribution in [0.25, 0.3) is 32.7 Å². The third-order valence-electron chi connectivity index (χ3n) is 6.74. The number of rotatable bonds is 6. The van der Waals surface area contributed by atoms with E-state index >= 15 is 0 Å². The number of hydrogen-bond acceptors (Lipinski definition) is 4. The number of methoxy groups -OCH3 is 1. The zero-order valence-electron chi connectivity index (χ0n) is 20.6. The van der Waals surface area contributed by atoms with Gasteiger partial charge in [-0.05, 0) is 64.1 Å². The van der Waals surface area contributed by atoms with Gasteiger partial charge in [-0.25, -0.2) is 0 Å². The molecule has 5 rings (SSSR count). The smallest absolute Gasteiger partial charge is 0.311 e. The molecule has 0 heterocycles. The van der Waals surface area contributed by atoms with Crippen LogP contribution in [0.5, 0.6) is 17.2 Å². The number of ether oxygens (including phenoxy) is 2. The van der Waals surface area contributed by atoms with Gasteiger partial charge in [-0.1, -0.05) is 79.7 Å². The number of benzene rings is 5. The molecule has 0 saturated carbocycles. The molecule has 36 heavy (non-hydrogen) atoms. The van der Waals surface area contributed by atoms with Crippen molar-refractivity contribution in [3.63, 3.8) is 0 Å². The predicted molar refractivity (Wildman–Crippen MR) is 145 cm³/mol. The van der Waals surface area contributed by atoms with Crippen LogP contribution in [-0.4, -0.2) is 18.2 Å². The molecule has 4 heteroatoms. The van der Waals surface area contributed by atoms with Crippen LogP contribution in [-0.2, 0) is 4.79 Å². The highest BCUT2D eigenvalue weighted by molar-refractivity contribution is 6.09. The van der Waals surface area contributed by atoms with Gasteiger partial charge in [0, 0.05) is 10.8 Å². The summed E-state index contributed by atoms with van der Waals surface area (Å²) in [7, 11) is 1.65. The average Bonchev–Trinajstić information content (AvgIpc) is 2.88. The molecule has 5 aromatic rings. The molecule has 0 fully saturated rings. The molecule has 5 aromatic carbocycles. The van der Waals surface area contributed by atoms with Crippen LogP contribution in [0, 0.1) is 6.92 Å². The van der Waals surface area contributed by atoms with E-state index in [4.69, 9.17) is 9.47 Å². The first kappa shape index (κ1) is 23.4. The lowest BCUT2D eigenvalue weighted by molar-refractivity contribution is -0.134.